The zero-order valence-electron chi connectivity index (χ0n) is 6.68. The summed E-state index contributed by atoms with van der Waals surface area (Å²) in [4.78, 5) is 8.12. The predicted molar refractivity (Wildman–Crippen MR) is 43.9 cm³/mol. The van der Waals surface area contributed by atoms with E-state index in [2.05, 4.69) is 15.1 Å². The second-order valence-electron chi connectivity index (χ2n) is 2.48. The molecule has 0 N–H and O–H groups in total. The number of hydrogen-bond acceptors (Lipinski definition) is 3. The minimum Gasteiger partial charge on any atom is -0.234 e. The van der Waals surface area contributed by atoms with E-state index in [1.54, 1.807) is 11.0 Å². The summed E-state index contributed by atoms with van der Waals surface area (Å²) in [7, 11) is 0. The van der Waals surface area contributed by atoms with Crippen molar-refractivity contribution in [2.24, 2.45) is 0 Å². The monoisotopic (exact) mass is 160 g/mol. The first kappa shape index (κ1) is 6.97. The maximum absolute atomic E-state index is 4.28. The topological polar surface area (TPSA) is 43.6 Å². The van der Waals surface area contributed by atoms with Crippen LogP contribution in [0.4, 0.5) is 0 Å². The lowest BCUT2D eigenvalue weighted by Gasteiger charge is -1.98. The fourth-order valence-electron chi connectivity index (χ4n) is 0.983. The van der Waals surface area contributed by atoms with E-state index in [4.69, 9.17) is 0 Å². The van der Waals surface area contributed by atoms with Crippen LogP contribution in [0.3, 0.4) is 0 Å². The van der Waals surface area contributed by atoms with Gasteiger partial charge in [-0.05, 0) is 19.1 Å². The average molecular weight is 160 g/mol. The van der Waals surface area contributed by atoms with E-state index in [-0.39, 0.29) is 0 Å². The Morgan fingerprint density at radius 3 is 2.92 bits per heavy atom. The molecule has 0 aliphatic rings. The zero-order valence-corrected chi connectivity index (χ0v) is 6.68. The van der Waals surface area contributed by atoms with Gasteiger partial charge in [0.25, 0.3) is 0 Å². The number of aryl methyl sites for hydroxylation is 1. The third-order valence-corrected chi connectivity index (χ3v) is 1.53. The maximum atomic E-state index is 4.28. The van der Waals surface area contributed by atoms with Gasteiger partial charge in [0.15, 0.2) is 5.82 Å². The highest BCUT2D eigenvalue weighted by atomic mass is 15.3. The van der Waals surface area contributed by atoms with Crippen LogP contribution in [0, 0.1) is 6.92 Å². The molecule has 2 heterocycles. The van der Waals surface area contributed by atoms with E-state index < -0.39 is 0 Å². The van der Waals surface area contributed by atoms with E-state index in [1.165, 1.54) is 6.33 Å². The average Bonchev–Trinajstić information content (AvgIpc) is 2.56. The highest BCUT2D eigenvalue weighted by molar-refractivity contribution is 5.21. The molecule has 0 unspecified atom stereocenters. The van der Waals surface area contributed by atoms with Crippen LogP contribution < -0.4 is 0 Å². The van der Waals surface area contributed by atoms with E-state index in [0.717, 1.165) is 11.5 Å². The molecule has 4 heteroatoms. The molecule has 2 rings (SSSR count). The van der Waals surface area contributed by atoms with Crippen molar-refractivity contribution in [3.8, 4) is 5.82 Å². The Hall–Kier alpha value is -1.71. The van der Waals surface area contributed by atoms with E-state index in [0.29, 0.717) is 0 Å². The minimum atomic E-state index is 0.799. The van der Waals surface area contributed by atoms with Crippen LogP contribution in [-0.2, 0) is 0 Å². The Morgan fingerprint density at radius 2 is 2.25 bits per heavy atom. The summed E-state index contributed by atoms with van der Waals surface area (Å²) in [6.45, 7) is 1.94. The van der Waals surface area contributed by atoms with Crippen molar-refractivity contribution < 1.29 is 0 Å². The summed E-state index contributed by atoms with van der Waals surface area (Å²) >= 11 is 0. The Kier molecular flexibility index (Phi) is 1.59. The standard InChI is InChI=1S/C8H8N4/c1-7-3-2-4-8(11-7)12-6-9-5-10-12/h2-6H,1H3. The van der Waals surface area contributed by atoms with Crippen LogP contribution in [0.25, 0.3) is 5.82 Å². The summed E-state index contributed by atoms with van der Waals surface area (Å²) in [6.07, 6.45) is 3.12. The predicted octanol–water partition coefficient (Wildman–Crippen LogP) is 0.971. The Labute approximate surface area is 69.9 Å². The smallest absolute Gasteiger partial charge is 0.155 e. The lowest BCUT2D eigenvalue weighted by molar-refractivity contribution is 0.839. The van der Waals surface area contributed by atoms with Gasteiger partial charge in [0.2, 0.25) is 0 Å². The molecule has 0 saturated heterocycles. The molecule has 60 valence electrons. The number of rotatable bonds is 1. The van der Waals surface area contributed by atoms with Crippen molar-refractivity contribution in [2.75, 3.05) is 0 Å². The first-order chi connectivity index (χ1) is 5.86. The minimum absolute atomic E-state index is 0.799. The van der Waals surface area contributed by atoms with Crippen LogP contribution in [0.2, 0.25) is 0 Å². The molecule has 2 aromatic heterocycles. The van der Waals surface area contributed by atoms with Gasteiger partial charge in [0.05, 0.1) is 0 Å². The molecule has 2 aromatic rings. The summed E-state index contributed by atoms with van der Waals surface area (Å²) in [5.41, 5.74) is 0.975. The van der Waals surface area contributed by atoms with Gasteiger partial charge in [-0.2, -0.15) is 5.10 Å². The van der Waals surface area contributed by atoms with Gasteiger partial charge >= 0.3 is 0 Å². The SMILES string of the molecule is Cc1cccc(-n2cncn2)n1. The summed E-state index contributed by atoms with van der Waals surface area (Å²) < 4.78 is 1.63. The second kappa shape index (κ2) is 2.73. The van der Waals surface area contributed by atoms with Gasteiger partial charge < -0.3 is 0 Å². The van der Waals surface area contributed by atoms with Gasteiger partial charge in [0, 0.05) is 5.69 Å². The van der Waals surface area contributed by atoms with E-state index >= 15 is 0 Å². The molecule has 0 aliphatic heterocycles. The van der Waals surface area contributed by atoms with Crippen molar-refractivity contribution >= 4 is 0 Å². The summed E-state index contributed by atoms with van der Waals surface area (Å²) in [6, 6.07) is 5.78. The third-order valence-electron chi connectivity index (χ3n) is 1.53. The van der Waals surface area contributed by atoms with E-state index in [9.17, 15) is 0 Å². The molecule has 0 saturated carbocycles. The zero-order chi connectivity index (χ0) is 8.39. The second-order valence-corrected chi connectivity index (χ2v) is 2.48. The Morgan fingerprint density at radius 1 is 1.33 bits per heavy atom. The lowest BCUT2D eigenvalue weighted by atomic mass is 10.4. The largest absolute Gasteiger partial charge is 0.234 e. The molecule has 0 atom stereocenters. The molecular weight excluding hydrogens is 152 g/mol. The van der Waals surface area contributed by atoms with Crippen LogP contribution in [0.5, 0.6) is 0 Å². The molecule has 12 heavy (non-hydrogen) atoms. The number of aromatic nitrogens is 4. The lowest BCUT2D eigenvalue weighted by Crippen LogP contribution is -1.98. The first-order valence-electron chi connectivity index (χ1n) is 3.65. The number of pyridine rings is 1. The summed E-state index contributed by atoms with van der Waals surface area (Å²) in [5, 5.41) is 3.97. The fourth-order valence-corrected chi connectivity index (χ4v) is 0.983. The van der Waals surface area contributed by atoms with Crippen LogP contribution in [0.15, 0.2) is 30.9 Å². The van der Waals surface area contributed by atoms with Gasteiger partial charge in [-0.1, -0.05) is 6.07 Å². The van der Waals surface area contributed by atoms with Crippen LogP contribution in [0.1, 0.15) is 5.69 Å². The molecule has 4 nitrogen and oxygen atoms in total. The van der Waals surface area contributed by atoms with Gasteiger partial charge in [0.1, 0.15) is 12.7 Å². The summed E-state index contributed by atoms with van der Waals surface area (Å²) in [5.74, 6) is 0.799. The highest BCUT2D eigenvalue weighted by Gasteiger charge is 1.96. The van der Waals surface area contributed by atoms with Crippen molar-refractivity contribution in [3.63, 3.8) is 0 Å². The molecular formula is C8H8N4. The van der Waals surface area contributed by atoms with Gasteiger partial charge in [-0.3, -0.25) is 0 Å². The van der Waals surface area contributed by atoms with E-state index in [1.807, 2.05) is 25.1 Å². The maximum Gasteiger partial charge on any atom is 0.155 e. The van der Waals surface area contributed by atoms with Crippen LogP contribution in [-0.4, -0.2) is 19.7 Å². The quantitative estimate of drug-likeness (QED) is 0.624. The van der Waals surface area contributed by atoms with Crippen molar-refractivity contribution in [2.45, 2.75) is 6.92 Å². The number of nitrogens with zero attached hydrogens (tertiary/aromatic N) is 4. The Bertz CT molecular complexity index is 366. The Balaban J connectivity index is 2.48. The molecule has 0 amide bonds. The van der Waals surface area contributed by atoms with Crippen molar-refractivity contribution in [1.82, 2.24) is 19.7 Å². The van der Waals surface area contributed by atoms with Gasteiger partial charge in [-0.25, -0.2) is 14.6 Å². The van der Waals surface area contributed by atoms with Gasteiger partial charge in [-0.15, -0.1) is 0 Å². The number of hydrogen-bond donors (Lipinski definition) is 0. The third kappa shape index (κ3) is 1.18. The molecule has 0 bridgehead atoms. The molecule has 0 aromatic carbocycles. The molecule has 0 fully saturated rings. The molecule has 0 radical (unpaired) electrons. The fraction of sp³-hybridized carbons (Fsp3) is 0.125. The molecule has 0 spiro atoms. The van der Waals surface area contributed by atoms with Crippen molar-refractivity contribution in [1.29, 1.82) is 0 Å². The van der Waals surface area contributed by atoms with Crippen molar-refractivity contribution in [3.05, 3.63) is 36.5 Å². The first-order valence-corrected chi connectivity index (χ1v) is 3.65. The normalized spacial score (nSPS) is 10.1. The molecule has 0 aliphatic carbocycles. The highest BCUT2D eigenvalue weighted by Crippen LogP contribution is 2.01. The van der Waals surface area contributed by atoms with Crippen LogP contribution >= 0.6 is 0 Å².